The first-order valence-corrected chi connectivity index (χ1v) is 9.51. The summed E-state index contributed by atoms with van der Waals surface area (Å²) in [5.41, 5.74) is 1.67. The highest BCUT2D eigenvalue weighted by molar-refractivity contribution is 6.17. The smallest absolute Gasteiger partial charge is 0.324 e. The molecule has 1 aliphatic rings. The van der Waals surface area contributed by atoms with Crippen molar-refractivity contribution in [2.24, 2.45) is 10.4 Å². The molecule has 0 saturated carbocycles. The van der Waals surface area contributed by atoms with Crippen LogP contribution in [0, 0.1) is 5.41 Å². The number of halogens is 3. The van der Waals surface area contributed by atoms with Gasteiger partial charge >= 0.3 is 6.18 Å². The van der Waals surface area contributed by atoms with Gasteiger partial charge in [-0.2, -0.15) is 13.2 Å². The van der Waals surface area contributed by atoms with Crippen LogP contribution >= 0.6 is 0 Å². The number of benzene rings is 2. The number of fused-ring (bicyclic) bond motifs is 1. The van der Waals surface area contributed by atoms with Gasteiger partial charge in [-0.3, -0.25) is 9.98 Å². The molecular formula is C23H22F3N3. The Hall–Kier alpha value is -2.89. The number of rotatable bonds is 2. The molecule has 0 aliphatic carbocycles. The molecule has 0 saturated heterocycles. The zero-order valence-corrected chi connectivity index (χ0v) is 16.5. The maximum absolute atomic E-state index is 13.0. The molecule has 29 heavy (non-hydrogen) atoms. The summed E-state index contributed by atoms with van der Waals surface area (Å²) in [5.74, 6) is 0.744. The van der Waals surface area contributed by atoms with E-state index in [0.29, 0.717) is 12.2 Å². The average molecular weight is 397 g/mol. The Balaban J connectivity index is 1.82. The summed E-state index contributed by atoms with van der Waals surface area (Å²) in [5, 5.41) is 0.999. The molecule has 6 heteroatoms. The first-order valence-electron chi connectivity index (χ1n) is 9.51. The van der Waals surface area contributed by atoms with Crippen molar-refractivity contribution in [2.75, 3.05) is 11.4 Å². The van der Waals surface area contributed by atoms with Crippen molar-refractivity contribution >= 4 is 22.4 Å². The van der Waals surface area contributed by atoms with Gasteiger partial charge in [0.25, 0.3) is 0 Å². The van der Waals surface area contributed by atoms with Crippen LogP contribution in [0.1, 0.15) is 31.9 Å². The second-order valence-electron chi connectivity index (χ2n) is 8.37. The van der Waals surface area contributed by atoms with Gasteiger partial charge in [-0.15, -0.1) is 0 Å². The van der Waals surface area contributed by atoms with Crippen molar-refractivity contribution in [3.63, 3.8) is 0 Å². The lowest BCUT2D eigenvalue weighted by Gasteiger charge is -2.26. The standard InChI is InChI=1S/C23H22F3N3/c1-22(2,3)19-14-29(17-11-9-16(10-12-17)23(24,25)26)21(28-19)18-8-4-6-15-7-5-13-27-20(15)18/h4-13,19H,14H2,1-3H3/t19-/m1/s1. The number of hydrogen-bond donors (Lipinski definition) is 0. The fraction of sp³-hybridized carbons (Fsp3) is 0.304. The number of pyridine rings is 1. The highest BCUT2D eigenvalue weighted by Crippen LogP contribution is 2.35. The molecule has 4 rings (SSSR count). The van der Waals surface area contributed by atoms with E-state index in [2.05, 4.69) is 25.8 Å². The molecule has 150 valence electrons. The summed E-state index contributed by atoms with van der Waals surface area (Å²) in [7, 11) is 0. The van der Waals surface area contributed by atoms with Crippen molar-refractivity contribution in [2.45, 2.75) is 33.0 Å². The number of aromatic nitrogens is 1. The lowest BCUT2D eigenvalue weighted by molar-refractivity contribution is -0.137. The van der Waals surface area contributed by atoms with Crippen LogP contribution in [0.2, 0.25) is 0 Å². The van der Waals surface area contributed by atoms with E-state index < -0.39 is 11.7 Å². The van der Waals surface area contributed by atoms with E-state index in [0.717, 1.165) is 34.4 Å². The Morgan fingerprint density at radius 1 is 0.931 bits per heavy atom. The quantitative estimate of drug-likeness (QED) is 0.536. The van der Waals surface area contributed by atoms with Crippen LogP contribution in [-0.2, 0) is 6.18 Å². The minimum absolute atomic E-state index is 0.0127. The van der Waals surface area contributed by atoms with Gasteiger partial charge in [0.2, 0.25) is 0 Å². The van der Waals surface area contributed by atoms with E-state index in [1.54, 1.807) is 6.20 Å². The van der Waals surface area contributed by atoms with E-state index in [9.17, 15) is 13.2 Å². The van der Waals surface area contributed by atoms with E-state index in [1.807, 2.05) is 35.2 Å². The zero-order valence-electron chi connectivity index (χ0n) is 16.5. The summed E-state index contributed by atoms with van der Waals surface area (Å²) < 4.78 is 39.0. The second-order valence-corrected chi connectivity index (χ2v) is 8.37. The third-order valence-corrected chi connectivity index (χ3v) is 5.27. The summed E-state index contributed by atoms with van der Waals surface area (Å²) in [6.07, 6.45) is -2.61. The van der Waals surface area contributed by atoms with E-state index in [4.69, 9.17) is 4.99 Å². The van der Waals surface area contributed by atoms with Crippen LogP contribution in [0.4, 0.5) is 18.9 Å². The Kier molecular flexibility index (Phi) is 4.60. The van der Waals surface area contributed by atoms with Gasteiger partial charge in [0.1, 0.15) is 5.84 Å². The Morgan fingerprint density at radius 3 is 2.28 bits per heavy atom. The minimum Gasteiger partial charge on any atom is -0.324 e. The second kappa shape index (κ2) is 6.87. The molecule has 3 aromatic rings. The van der Waals surface area contributed by atoms with Crippen molar-refractivity contribution in [1.29, 1.82) is 0 Å². The van der Waals surface area contributed by atoms with Crippen LogP contribution in [0.15, 0.2) is 65.8 Å². The Bertz CT molecular complexity index is 1060. The Morgan fingerprint density at radius 2 is 1.62 bits per heavy atom. The molecule has 0 unspecified atom stereocenters. The molecule has 0 spiro atoms. The number of amidine groups is 1. The van der Waals surface area contributed by atoms with Gasteiger partial charge in [0.15, 0.2) is 0 Å². The largest absolute Gasteiger partial charge is 0.416 e. The molecule has 1 atom stereocenters. The van der Waals surface area contributed by atoms with Gasteiger partial charge in [-0.25, -0.2) is 0 Å². The van der Waals surface area contributed by atoms with Crippen LogP contribution in [0.25, 0.3) is 10.9 Å². The molecule has 2 heterocycles. The molecule has 1 aromatic heterocycles. The average Bonchev–Trinajstić information content (AvgIpc) is 3.12. The maximum atomic E-state index is 13.0. The minimum atomic E-state index is -4.35. The fourth-order valence-corrected chi connectivity index (χ4v) is 3.54. The van der Waals surface area contributed by atoms with E-state index in [1.165, 1.54) is 12.1 Å². The van der Waals surface area contributed by atoms with Gasteiger partial charge < -0.3 is 4.90 Å². The highest BCUT2D eigenvalue weighted by atomic mass is 19.4. The lowest BCUT2D eigenvalue weighted by Crippen LogP contribution is -2.34. The number of para-hydroxylation sites is 1. The van der Waals surface area contributed by atoms with Gasteiger partial charge in [0.05, 0.1) is 17.1 Å². The van der Waals surface area contributed by atoms with Crippen LogP contribution in [0.3, 0.4) is 0 Å². The third-order valence-electron chi connectivity index (χ3n) is 5.27. The summed E-state index contributed by atoms with van der Waals surface area (Å²) >= 11 is 0. The number of hydrogen-bond acceptors (Lipinski definition) is 3. The predicted molar refractivity (Wildman–Crippen MR) is 110 cm³/mol. The topological polar surface area (TPSA) is 28.5 Å². The van der Waals surface area contributed by atoms with E-state index >= 15 is 0 Å². The predicted octanol–water partition coefficient (Wildman–Crippen LogP) is 5.94. The van der Waals surface area contributed by atoms with Crippen molar-refractivity contribution in [3.8, 4) is 0 Å². The van der Waals surface area contributed by atoms with E-state index in [-0.39, 0.29) is 11.5 Å². The van der Waals surface area contributed by atoms with Crippen molar-refractivity contribution < 1.29 is 13.2 Å². The molecule has 0 radical (unpaired) electrons. The van der Waals surface area contributed by atoms with Crippen LogP contribution in [0.5, 0.6) is 0 Å². The molecular weight excluding hydrogens is 375 g/mol. The first kappa shape index (κ1) is 19.4. The molecule has 2 aromatic carbocycles. The SMILES string of the molecule is CC(C)(C)[C@H]1CN(c2ccc(C(F)(F)F)cc2)C(c2cccc3cccnc23)=N1. The molecule has 3 nitrogen and oxygen atoms in total. The molecule has 1 aliphatic heterocycles. The summed E-state index contributed by atoms with van der Waals surface area (Å²) in [6, 6.07) is 15.1. The first-order chi connectivity index (χ1) is 13.6. The highest BCUT2D eigenvalue weighted by Gasteiger charge is 2.36. The Labute approximate surface area is 167 Å². The third kappa shape index (κ3) is 3.71. The summed E-state index contributed by atoms with van der Waals surface area (Å²) in [4.78, 5) is 11.5. The molecule has 0 N–H and O–H groups in total. The lowest BCUT2D eigenvalue weighted by atomic mass is 9.87. The van der Waals surface area contributed by atoms with Crippen LogP contribution < -0.4 is 4.90 Å². The fourth-order valence-electron chi connectivity index (χ4n) is 3.54. The van der Waals surface area contributed by atoms with Gasteiger partial charge in [-0.1, -0.05) is 39.0 Å². The van der Waals surface area contributed by atoms with Crippen molar-refractivity contribution in [1.82, 2.24) is 4.98 Å². The van der Waals surface area contributed by atoms with Crippen LogP contribution in [-0.4, -0.2) is 23.4 Å². The molecule has 0 bridgehead atoms. The van der Waals surface area contributed by atoms with Gasteiger partial charge in [0, 0.05) is 29.4 Å². The zero-order chi connectivity index (χ0) is 20.8. The molecule has 0 fully saturated rings. The number of aliphatic imine (C=N–C) groups is 1. The summed E-state index contributed by atoms with van der Waals surface area (Å²) in [6.45, 7) is 6.97. The van der Waals surface area contributed by atoms with Gasteiger partial charge in [-0.05, 0) is 41.8 Å². The molecule has 0 amide bonds. The normalized spacial score (nSPS) is 17.7. The number of nitrogens with zero attached hydrogens (tertiary/aromatic N) is 3. The number of anilines is 1. The number of alkyl halides is 3. The monoisotopic (exact) mass is 397 g/mol. The van der Waals surface area contributed by atoms with Crippen molar-refractivity contribution in [3.05, 3.63) is 71.9 Å². The maximum Gasteiger partial charge on any atom is 0.416 e.